The fourth-order valence-corrected chi connectivity index (χ4v) is 0.864. The molecule has 0 saturated carbocycles. The second kappa shape index (κ2) is 4.81. The van der Waals surface area contributed by atoms with Gasteiger partial charge in [-0.15, -0.1) is 0 Å². The molecule has 0 N–H and O–H groups in total. The van der Waals surface area contributed by atoms with E-state index in [4.69, 9.17) is 4.74 Å². The highest BCUT2D eigenvalue weighted by molar-refractivity contribution is 5.70. The molecule has 0 radical (unpaired) electrons. The number of hydrogen-bond acceptors (Lipinski definition) is 2. The molecule has 0 saturated heterocycles. The lowest BCUT2D eigenvalue weighted by Crippen LogP contribution is -2.22. The first kappa shape index (κ1) is 13.5. The van der Waals surface area contributed by atoms with Crippen molar-refractivity contribution in [2.45, 2.75) is 54.4 Å². The van der Waals surface area contributed by atoms with Gasteiger partial charge in [-0.05, 0) is 10.8 Å². The van der Waals surface area contributed by atoms with Gasteiger partial charge in [-0.1, -0.05) is 48.0 Å². The monoisotopic (exact) mass is 200 g/mol. The average molecular weight is 200 g/mol. The maximum Gasteiger partial charge on any atom is 0.306 e. The maximum atomic E-state index is 11.4. The molecular formula is C12H24O2. The van der Waals surface area contributed by atoms with Crippen LogP contribution in [-0.2, 0) is 9.53 Å². The second-order valence-electron chi connectivity index (χ2n) is 5.92. The van der Waals surface area contributed by atoms with E-state index in [2.05, 4.69) is 41.5 Å². The molecule has 84 valence electrons. The molecule has 0 aliphatic carbocycles. The number of hydrogen-bond donors (Lipinski definition) is 0. The molecule has 0 aliphatic heterocycles. The van der Waals surface area contributed by atoms with Gasteiger partial charge >= 0.3 is 5.97 Å². The van der Waals surface area contributed by atoms with E-state index in [0.29, 0.717) is 13.0 Å². The maximum absolute atomic E-state index is 11.4. The van der Waals surface area contributed by atoms with Gasteiger partial charge in [-0.2, -0.15) is 0 Å². The van der Waals surface area contributed by atoms with Gasteiger partial charge in [0.15, 0.2) is 0 Å². The van der Waals surface area contributed by atoms with Crippen molar-refractivity contribution >= 4 is 5.97 Å². The van der Waals surface area contributed by atoms with Crippen LogP contribution in [0, 0.1) is 10.8 Å². The van der Waals surface area contributed by atoms with Gasteiger partial charge in [-0.3, -0.25) is 4.79 Å². The van der Waals surface area contributed by atoms with Crippen LogP contribution in [0.5, 0.6) is 0 Å². The fourth-order valence-electron chi connectivity index (χ4n) is 0.864. The summed E-state index contributed by atoms with van der Waals surface area (Å²) in [5.41, 5.74) is 0.126. The van der Waals surface area contributed by atoms with Crippen molar-refractivity contribution in [3.63, 3.8) is 0 Å². The Labute approximate surface area is 88.0 Å². The van der Waals surface area contributed by atoms with Crippen molar-refractivity contribution in [2.24, 2.45) is 10.8 Å². The third kappa shape index (κ3) is 6.93. The Hall–Kier alpha value is -0.530. The van der Waals surface area contributed by atoms with Gasteiger partial charge in [0.1, 0.15) is 0 Å². The van der Waals surface area contributed by atoms with Crippen LogP contribution in [0.4, 0.5) is 0 Å². The minimum absolute atomic E-state index is 0.0615. The zero-order valence-electron chi connectivity index (χ0n) is 10.4. The molecule has 0 heterocycles. The summed E-state index contributed by atoms with van der Waals surface area (Å²) in [5.74, 6) is -0.0771. The lowest BCUT2D eigenvalue weighted by molar-refractivity contribution is -0.148. The molecule has 0 atom stereocenters. The van der Waals surface area contributed by atoms with Crippen molar-refractivity contribution < 1.29 is 9.53 Å². The summed E-state index contributed by atoms with van der Waals surface area (Å²) in [7, 11) is 0. The van der Waals surface area contributed by atoms with Crippen molar-refractivity contribution in [2.75, 3.05) is 6.61 Å². The summed E-state index contributed by atoms with van der Waals surface area (Å²) in [6.45, 7) is 13.0. The van der Waals surface area contributed by atoms with Crippen LogP contribution in [0.1, 0.15) is 54.4 Å². The molecule has 0 bridgehead atoms. The van der Waals surface area contributed by atoms with E-state index in [1.54, 1.807) is 0 Å². The Morgan fingerprint density at radius 1 is 1.14 bits per heavy atom. The molecule has 0 spiro atoms. The molecule has 2 heteroatoms. The molecule has 0 fully saturated rings. The van der Waals surface area contributed by atoms with Gasteiger partial charge in [0.25, 0.3) is 0 Å². The molecule has 0 aromatic rings. The highest BCUT2D eigenvalue weighted by Gasteiger charge is 2.22. The normalized spacial score (nSPS) is 12.7. The van der Waals surface area contributed by atoms with E-state index < -0.39 is 0 Å². The zero-order valence-corrected chi connectivity index (χ0v) is 10.4. The summed E-state index contributed by atoms with van der Waals surface area (Å²) in [4.78, 5) is 11.4. The lowest BCUT2D eigenvalue weighted by Gasteiger charge is -2.23. The predicted octanol–water partition coefficient (Wildman–Crippen LogP) is 3.40. The van der Waals surface area contributed by atoms with Gasteiger partial charge in [0.2, 0.25) is 0 Å². The summed E-state index contributed by atoms with van der Waals surface area (Å²) in [5, 5.41) is 0. The molecule has 0 unspecified atom stereocenters. The van der Waals surface area contributed by atoms with E-state index >= 15 is 0 Å². The van der Waals surface area contributed by atoms with Crippen LogP contribution < -0.4 is 0 Å². The first-order valence-corrected chi connectivity index (χ1v) is 5.32. The Balaban J connectivity index is 3.89. The molecule has 0 aromatic carbocycles. The van der Waals surface area contributed by atoms with Gasteiger partial charge < -0.3 is 4.74 Å². The quantitative estimate of drug-likeness (QED) is 0.650. The number of carbonyl (C=O) groups is 1. The Morgan fingerprint density at radius 3 is 2.00 bits per heavy atom. The molecular weight excluding hydrogens is 176 g/mol. The minimum atomic E-state index is -0.0771. The lowest BCUT2D eigenvalue weighted by atomic mass is 9.87. The summed E-state index contributed by atoms with van der Waals surface area (Å²) >= 11 is 0. The SMILES string of the molecule is CCC(C)(C)CC(=O)OCC(C)(C)C. The molecule has 0 aliphatic rings. The standard InChI is InChI=1S/C12H24O2/c1-7-12(5,6)8-10(13)14-9-11(2,3)4/h7-9H2,1-6H3. The second-order valence-corrected chi connectivity index (χ2v) is 5.92. The van der Waals surface area contributed by atoms with Crippen LogP contribution in [0.3, 0.4) is 0 Å². The largest absolute Gasteiger partial charge is 0.465 e. The van der Waals surface area contributed by atoms with E-state index in [0.717, 1.165) is 6.42 Å². The van der Waals surface area contributed by atoms with E-state index in [1.807, 2.05) is 0 Å². The molecule has 0 aromatic heterocycles. The first-order valence-electron chi connectivity index (χ1n) is 5.32. The zero-order chi connectivity index (χ0) is 11.4. The average Bonchev–Trinajstić information content (AvgIpc) is 1.99. The number of rotatable bonds is 4. The Kier molecular flexibility index (Phi) is 4.63. The highest BCUT2D eigenvalue weighted by Crippen LogP contribution is 2.25. The molecule has 14 heavy (non-hydrogen) atoms. The third-order valence-electron chi connectivity index (χ3n) is 2.25. The van der Waals surface area contributed by atoms with Crippen LogP contribution in [0.15, 0.2) is 0 Å². The van der Waals surface area contributed by atoms with Crippen molar-refractivity contribution in [1.82, 2.24) is 0 Å². The first-order chi connectivity index (χ1) is 6.16. The minimum Gasteiger partial charge on any atom is -0.465 e. The topological polar surface area (TPSA) is 26.3 Å². The Bertz CT molecular complexity index is 187. The van der Waals surface area contributed by atoms with E-state index in [1.165, 1.54) is 0 Å². The smallest absolute Gasteiger partial charge is 0.306 e. The van der Waals surface area contributed by atoms with Crippen LogP contribution in [0.25, 0.3) is 0 Å². The summed E-state index contributed by atoms with van der Waals surface area (Å²) < 4.78 is 5.21. The van der Waals surface area contributed by atoms with Crippen LogP contribution in [0.2, 0.25) is 0 Å². The number of carbonyl (C=O) groups excluding carboxylic acids is 1. The van der Waals surface area contributed by atoms with Crippen molar-refractivity contribution in [3.8, 4) is 0 Å². The highest BCUT2D eigenvalue weighted by atomic mass is 16.5. The van der Waals surface area contributed by atoms with E-state index in [9.17, 15) is 4.79 Å². The Morgan fingerprint density at radius 2 is 1.64 bits per heavy atom. The molecule has 2 nitrogen and oxygen atoms in total. The third-order valence-corrected chi connectivity index (χ3v) is 2.25. The molecule has 0 amide bonds. The number of esters is 1. The predicted molar refractivity (Wildman–Crippen MR) is 59.1 cm³/mol. The van der Waals surface area contributed by atoms with Crippen LogP contribution in [-0.4, -0.2) is 12.6 Å². The van der Waals surface area contributed by atoms with Gasteiger partial charge in [0, 0.05) is 0 Å². The van der Waals surface area contributed by atoms with Crippen LogP contribution >= 0.6 is 0 Å². The molecule has 0 rings (SSSR count). The fraction of sp³-hybridized carbons (Fsp3) is 0.917. The van der Waals surface area contributed by atoms with Gasteiger partial charge in [0.05, 0.1) is 13.0 Å². The van der Waals surface area contributed by atoms with Gasteiger partial charge in [-0.25, -0.2) is 0 Å². The van der Waals surface area contributed by atoms with Crippen molar-refractivity contribution in [1.29, 1.82) is 0 Å². The summed E-state index contributed by atoms with van der Waals surface area (Å²) in [6, 6.07) is 0. The summed E-state index contributed by atoms with van der Waals surface area (Å²) in [6.07, 6.45) is 1.51. The van der Waals surface area contributed by atoms with E-state index in [-0.39, 0.29) is 16.8 Å². The van der Waals surface area contributed by atoms with Crippen molar-refractivity contribution in [3.05, 3.63) is 0 Å². The number of ether oxygens (including phenoxy) is 1.